The third-order valence-corrected chi connectivity index (χ3v) is 3.13. The molecule has 0 spiro atoms. The maximum Gasteiger partial charge on any atom is 0.211 e. The number of carbonyl (C=O) groups excluding carboxylic acids is 1. The van der Waals surface area contributed by atoms with Crippen molar-refractivity contribution in [3.05, 3.63) is 77.6 Å². The SMILES string of the molecule is Cc1cccc(C(=O)c2ccc3ccccc3c2)n1. The molecule has 19 heavy (non-hydrogen) atoms. The Labute approximate surface area is 111 Å². The summed E-state index contributed by atoms with van der Waals surface area (Å²) >= 11 is 0. The van der Waals surface area contributed by atoms with Gasteiger partial charge in [0.1, 0.15) is 5.69 Å². The van der Waals surface area contributed by atoms with Crippen LogP contribution in [0.25, 0.3) is 10.8 Å². The van der Waals surface area contributed by atoms with Crippen molar-refractivity contribution in [1.29, 1.82) is 0 Å². The van der Waals surface area contributed by atoms with Gasteiger partial charge < -0.3 is 0 Å². The quantitative estimate of drug-likeness (QED) is 0.645. The molecule has 0 bridgehead atoms. The van der Waals surface area contributed by atoms with E-state index in [1.54, 1.807) is 6.07 Å². The van der Waals surface area contributed by atoms with Crippen molar-refractivity contribution < 1.29 is 4.79 Å². The number of nitrogens with zero attached hydrogens (tertiary/aromatic N) is 1. The molecule has 2 aromatic carbocycles. The van der Waals surface area contributed by atoms with Crippen molar-refractivity contribution in [3.63, 3.8) is 0 Å². The van der Waals surface area contributed by atoms with Gasteiger partial charge in [-0.2, -0.15) is 0 Å². The number of carbonyl (C=O) groups is 1. The molecule has 2 nitrogen and oxygen atoms in total. The van der Waals surface area contributed by atoms with Crippen LogP contribution in [-0.4, -0.2) is 10.8 Å². The maximum absolute atomic E-state index is 12.4. The van der Waals surface area contributed by atoms with Crippen LogP contribution in [0.1, 0.15) is 21.7 Å². The second kappa shape index (κ2) is 4.65. The molecular weight excluding hydrogens is 234 g/mol. The zero-order valence-electron chi connectivity index (χ0n) is 10.6. The maximum atomic E-state index is 12.4. The van der Waals surface area contributed by atoms with Gasteiger partial charge in [-0.3, -0.25) is 4.79 Å². The molecule has 2 heteroatoms. The van der Waals surface area contributed by atoms with Gasteiger partial charge in [-0.05, 0) is 35.9 Å². The summed E-state index contributed by atoms with van der Waals surface area (Å²) in [5, 5.41) is 2.21. The predicted octanol–water partition coefficient (Wildman–Crippen LogP) is 3.77. The first kappa shape index (κ1) is 11.6. The fourth-order valence-electron chi connectivity index (χ4n) is 2.15. The molecule has 0 aliphatic rings. The molecule has 3 rings (SSSR count). The Morgan fingerprint density at radius 3 is 2.47 bits per heavy atom. The Morgan fingerprint density at radius 1 is 0.895 bits per heavy atom. The minimum absolute atomic E-state index is 0.0329. The summed E-state index contributed by atoms with van der Waals surface area (Å²) in [6.07, 6.45) is 0. The molecule has 0 unspecified atom stereocenters. The van der Waals surface area contributed by atoms with E-state index in [4.69, 9.17) is 0 Å². The third-order valence-electron chi connectivity index (χ3n) is 3.13. The Morgan fingerprint density at radius 2 is 1.68 bits per heavy atom. The first-order valence-corrected chi connectivity index (χ1v) is 6.21. The van der Waals surface area contributed by atoms with Gasteiger partial charge in [-0.25, -0.2) is 4.98 Å². The number of aromatic nitrogens is 1. The standard InChI is InChI=1S/C17H13NO/c1-12-5-4-8-16(18-12)17(19)15-10-9-13-6-2-3-7-14(13)11-15/h2-11H,1H3. The van der Waals surface area contributed by atoms with E-state index in [2.05, 4.69) is 4.98 Å². The van der Waals surface area contributed by atoms with Crippen molar-refractivity contribution in [3.8, 4) is 0 Å². The van der Waals surface area contributed by atoms with Crippen LogP contribution in [0.5, 0.6) is 0 Å². The lowest BCUT2D eigenvalue weighted by Crippen LogP contribution is -2.04. The molecule has 3 aromatic rings. The number of pyridine rings is 1. The predicted molar refractivity (Wildman–Crippen MR) is 76.4 cm³/mol. The van der Waals surface area contributed by atoms with Gasteiger partial charge in [0.2, 0.25) is 5.78 Å². The zero-order valence-corrected chi connectivity index (χ0v) is 10.6. The van der Waals surface area contributed by atoms with Crippen LogP contribution in [0.4, 0.5) is 0 Å². The van der Waals surface area contributed by atoms with E-state index in [-0.39, 0.29) is 5.78 Å². The summed E-state index contributed by atoms with van der Waals surface area (Å²) in [5.74, 6) is -0.0329. The van der Waals surface area contributed by atoms with Crippen LogP contribution < -0.4 is 0 Å². The van der Waals surface area contributed by atoms with Crippen LogP contribution in [-0.2, 0) is 0 Å². The van der Waals surface area contributed by atoms with E-state index in [1.165, 1.54) is 0 Å². The number of benzene rings is 2. The van der Waals surface area contributed by atoms with E-state index in [0.29, 0.717) is 11.3 Å². The smallest absolute Gasteiger partial charge is 0.211 e. The molecule has 0 saturated heterocycles. The van der Waals surface area contributed by atoms with Crippen molar-refractivity contribution in [2.75, 3.05) is 0 Å². The number of rotatable bonds is 2. The second-order valence-corrected chi connectivity index (χ2v) is 4.56. The number of aryl methyl sites for hydroxylation is 1. The molecule has 0 aliphatic heterocycles. The highest BCUT2D eigenvalue weighted by atomic mass is 16.1. The van der Waals surface area contributed by atoms with E-state index in [1.807, 2.05) is 61.5 Å². The third kappa shape index (κ3) is 2.25. The average Bonchev–Trinajstić information content (AvgIpc) is 2.46. The highest BCUT2D eigenvalue weighted by molar-refractivity contribution is 6.09. The first-order chi connectivity index (χ1) is 9.24. The Balaban J connectivity index is 2.06. The Kier molecular flexibility index (Phi) is 2.84. The summed E-state index contributed by atoms with van der Waals surface area (Å²) < 4.78 is 0. The van der Waals surface area contributed by atoms with Crippen LogP contribution in [0.2, 0.25) is 0 Å². The van der Waals surface area contributed by atoms with Crippen molar-refractivity contribution in [2.45, 2.75) is 6.92 Å². The lowest BCUT2D eigenvalue weighted by atomic mass is 10.0. The van der Waals surface area contributed by atoms with Crippen molar-refractivity contribution >= 4 is 16.6 Å². The van der Waals surface area contributed by atoms with E-state index in [9.17, 15) is 4.79 Å². The van der Waals surface area contributed by atoms with Crippen LogP contribution in [0.15, 0.2) is 60.7 Å². The van der Waals surface area contributed by atoms with Gasteiger partial charge in [-0.15, -0.1) is 0 Å². The fourth-order valence-corrected chi connectivity index (χ4v) is 2.15. The molecule has 92 valence electrons. The van der Waals surface area contributed by atoms with Gasteiger partial charge in [0.25, 0.3) is 0 Å². The topological polar surface area (TPSA) is 30.0 Å². The largest absolute Gasteiger partial charge is 0.287 e. The Bertz CT molecular complexity index is 762. The minimum atomic E-state index is -0.0329. The molecule has 1 aromatic heterocycles. The number of fused-ring (bicyclic) bond motifs is 1. The molecule has 0 N–H and O–H groups in total. The van der Waals surface area contributed by atoms with E-state index < -0.39 is 0 Å². The second-order valence-electron chi connectivity index (χ2n) is 4.56. The lowest BCUT2D eigenvalue weighted by Gasteiger charge is -2.03. The molecule has 0 atom stereocenters. The van der Waals surface area contributed by atoms with Crippen molar-refractivity contribution in [1.82, 2.24) is 4.98 Å². The number of ketones is 1. The highest BCUT2D eigenvalue weighted by Crippen LogP contribution is 2.17. The average molecular weight is 247 g/mol. The molecular formula is C17H13NO. The fraction of sp³-hybridized carbons (Fsp3) is 0.0588. The van der Waals surface area contributed by atoms with Gasteiger partial charge in [0.05, 0.1) is 0 Å². The van der Waals surface area contributed by atoms with Gasteiger partial charge in [-0.1, -0.05) is 42.5 Å². The molecule has 1 heterocycles. The summed E-state index contributed by atoms with van der Waals surface area (Å²) in [5.41, 5.74) is 2.03. The van der Waals surface area contributed by atoms with E-state index in [0.717, 1.165) is 16.5 Å². The summed E-state index contributed by atoms with van der Waals surface area (Å²) in [4.78, 5) is 16.7. The molecule has 0 aliphatic carbocycles. The van der Waals surface area contributed by atoms with Crippen LogP contribution in [0, 0.1) is 6.92 Å². The van der Waals surface area contributed by atoms with Crippen molar-refractivity contribution in [2.24, 2.45) is 0 Å². The summed E-state index contributed by atoms with van der Waals surface area (Å²) in [6, 6.07) is 19.3. The molecule has 0 radical (unpaired) electrons. The highest BCUT2D eigenvalue weighted by Gasteiger charge is 2.10. The van der Waals surface area contributed by atoms with Gasteiger partial charge >= 0.3 is 0 Å². The molecule has 0 fully saturated rings. The number of hydrogen-bond acceptors (Lipinski definition) is 2. The summed E-state index contributed by atoms with van der Waals surface area (Å²) in [7, 11) is 0. The normalized spacial score (nSPS) is 10.6. The van der Waals surface area contributed by atoms with Gasteiger partial charge in [0.15, 0.2) is 0 Å². The minimum Gasteiger partial charge on any atom is -0.287 e. The number of hydrogen-bond donors (Lipinski definition) is 0. The van der Waals surface area contributed by atoms with Crippen LogP contribution in [0.3, 0.4) is 0 Å². The first-order valence-electron chi connectivity index (χ1n) is 6.21. The van der Waals surface area contributed by atoms with Gasteiger partial charge in [0, 0.05) is 11.3 Å². The van der Waals surface area contributed by atoms with Crippen LogP contribution >= 0.6 is 0 Å². The molecule has 0 saturated carbocycles. The Hall–Kier alpha value is -2.48. The summed E-state index contributed by atoms with van der Waals surface area (Å²) in [6.45, 7) is 1.89. The lowest BCUT2D eigenvalue weighted by molar-refractivity contribution is 0.103. The zero-order chi connectivity index (χ0) is 13.2. The molecule has 0 amide bonds. The van der Waals surface area contributed by atoms with E-state index >= 15 is 0 Å². The monoisotopic (exact) mass is 247 g/mol.